The fraction of sp³-hybridized carbons (Fsp3) is 0.333. The van der Waals surface area contributed by atoms with Crippen molar-refractivity contribution in [1.29, 1.82) is 0 Å². The number of anilines is 2. The number of hydrogen-bond donors (Lipinski definition) is 3. The standard InChI is InChI=1S/C24H29N7O/c1-4-19(15-32)28-23-29-22-20(16(2)3)14-27-31(22)24(30-23)26-13-17-10-11-21(25-12-17)18-8-6-5-7-9-18/h5-12,14,16,19,32H,4,13,15H2,1-3H3,(H2,26,28,29,30)/t19-/m0/s1. The maximum Gasteiger partial charge on any atom is 0.229 e. The van der Waals surface area contributed by atoms with E-state index in [0.29, 0.717) is 18.4 Å². The molecule has 1 atom stereocenters. The lowest BCUT2D eigenvalue weighted by atomic mass is 10.1. The smallest absolute Gasteiger partial charge is 0.229 e. The van der Waals surface area contributed by atoms with E-state index in [1.54, 1.807) is 4.52 Å². The summed E-state index contributed by atoms with van der Waals surface area (Å²) in [4.78, 5) is 13.9. The number of benzene rings is 1. The summed E-state index contributed by atoms with van der Waals surface area (Å²) in [6, 6.07) is 14.1. The third-order valence-electron chi connectivity index (χ3n) is 5.41. The highest BCUT2D eigenvalue weighted by Crippen LogP contribution is 2.23. The monoisotopic (exact) mass is 431 g/mol. The summed E-state index contributed by atoms with van der Waals surface area (Å²) in [5.41, 5.74) is 4.86. The van der Waals surface area contributed by atoms with Gasteiger partial charge < -0.3 is 15.7 Å². The zero-order valence-corrected chi connectivity index (χ0v) is 18.7. The summed E-state index contributed by atoms with van der Waals surface area (Å²) in [7, 11) is 0. The molecule has 1 aromatic carbocycles. The van der Waals surface area contributed by atoms with Gasteiger partial charge in [0.2, 0.25) is 11.9 Å². The number of fused-ring (bicyclic) bond motifs is 1. The van der Waals surface area contributed by atoms with Gasteiger partial charge in [-0.2, -0.15) is 19.6 Å². The fourth-order valence-corrected chi connectivity index (χ4v) is 3.43. The number of aliphatic hydroxyl groups excluding tert-OH is 1. The molecular weight excluding hydrogens is 402 g/mol. The van der Waals surface area contributed by atoms with E-state index in [4.69, 9.17) is 0 Å². The molecule has 8 heteroatoms. The van der Waals surface area contributed by atoms with Gasteiger partial charge in [0.1, 0.15) is 0 Å². The van der Waals surface area contributed by atoms with Gasteiger partial charge in [0.25, 0.3) is 0 Å². The minimum absolute atomic E-state index is 0.0174. The van der Waals surface area contributed by atoms with Gasteiger partial charge in [-0.1, -0.05) is 57.2 Å². The highest BCUT2D eigenvalue weighted by Gasteiger charge is 2.16. The third-order valence-corrected chi connectivity index (χ3v) is 5.41. The van der Waals surface area contributed by atoms with E-state index < -0.39 is 0 Å². The summed E-state index contributed by atoms with van der Waals surface area (Å²) >= 11 is 0. The molecule has 0 amide bonds. The van der Waals surface area contributed by atoms with E-state index in [-0.39, 0.29) is 18.6 Å². The second kappa shape index (κ2) is 9.74. The molecule has 0 saturated heterocycles. The summed E-state index contributed by atoms with van der Waals surface area (Å²) < 4.78 is 1.73. The molecular formula is C24H29N7O. The first-order valence-corrected chi connectivity index (χ1v) is 11.0. The van der Waals surface area contributed by atoms with Gasteiger partial charge in [0.15, 0.2) is 5.65 Å². The predicted molar refractivity (Wildman–Crippen MR) is 127 cm³/mol. The Balaban J connectivity index is 1.58. The molecule has 32 heavy (non-hydrogen) atoms. The molecule has 4 rings (SSSR count). The van der Waals surface area contributed by atoms with E-state index in [2.05, 4.69) is 50.6 Å². The summed E-state index contributed by atoms with van der Waals surface area (Å²) in [5.74, 6) is 1.34. The van der Waals surface area contributed by atoms with Crippen molar-refractivity contribution in [1.82, 2.24) is 24.6 Å². The molecule has 0 aliphatic heterocycles. The molecule has 0 bridgehead atoms. The molecule has 4 aromatic rings. The van der Waals surface area contributed by atoms with Crippen molar-refractivity contribution in [2.45, 2.75) is 45.7 Å². The van der Waals surface area contributed by atoms with Crippen molar-refractivity contribution in [3.63, 3.8) is 0 Å². The van der Waals surface area contributed by atoms with Gasteiger partial charge in [-0.25, -0.2) is 0 Å². The first-order chi connectivity index (χ1) is 15.6. The van der Waals surface area contributed by atoms with Crippen molar-refractivity contribution < 1.29 is 5.11 Å². The number of rotatable bonds is 9. The van der Waals surface area contributed by atoms with Crippen molar-refractivity contribution in [3.8, 4) is 11.3 Å². The molecule has 3 heterocycles. The lowest BCUT2D eigenvalue weighted by Crippen LogP contribution is -2.24. The Hall–Kier alpha value is -3.52. The topological polar surface area (TPSA) is 100 Å². The van der Waals surface area contributed by atoms with Crippen LogP contribution in [-0.2, 0) is 6.54 Å². The Morgan fingerprint density at radius 1 is 1.03 bits per heavy atom. The SMILES string of the molecule is CC[C@@H](CO)Nc1nc(NCc2ccc(-c3ccccc3)nc2)n2ncc(C(C)C)c2n1. The van der Waals surface area contributed by atoms with Crippen LogP contribution in [0.25, 0.3) is 16.9 Å². The van der Waals surface area contributed by atoms with E-state index in [1.807, 2.05) is 55.7 Å². The molecule has 166 valence electrons. The third kappa shape index (κ3) is 4.70. The number of nitrogens with one attached hydrogen (secondary N) is 2. The summed E-state index contributed by atoms with van der Waals surface area (Å²) in [6.45, 7) is 6.80. The van der Waals surface area contributed by atoms with E-state index in [0.717, 1.165) is 34.5 Å². The van der Waals surface area contributed by atoms with Crippen molar-refractivity contribution in [2.75, 3.05) is 17.2 Å². The van der Waals surface area contributed by atoms with Crippen molar-refractivity contribution in [2.24, 2.45) is 0 Å². The van der Waals surface area contributed by atoms with Gasteiger partial charge >= 0.3 is 0 Å². The number of aliphatic hydroxyl groups is 1. The Kier molecular flexibility index (Phi) is 6.61. The summed E-state index contributed by atoms with van der Waals surface area (Å²) in [5, 5.41) is 20.7. The first-order valence-electron chi connectivity index (χ1n) is 11.0. The van der Waals surface area contributed by atoms with Crippen LogP contribution in [0.4, 0.5) is 11.9 Å². The Labute approximate surface area is 187 Å². The minimum atomic E-state index is -0.106. The Morgan fingerprint density at radius 2 is 1.84 bits per heavy atom. The van der Waals surface area contributed by atoms with Crippen LogP contribution in [0.5, 0.6) is 0 Å². The number of pyridine rings is 1. The van der Waals surface area contributed by atoms with Crippen LogP contribution >= 0.6 is 0 Å². The molecule has 3 aromatic heterocycles. The zero-order chi connectivity index (χ0) is 22.5. The molecule has 0 unspecified atom stereocenters. The molecule has 8 nitrogen and oxygen atoms in total. The molecule has 0 aliphatic carbocycles. The fourth-order valence-electron chi connectivity index (χ4n) is 3.43. The second-order valence-electron chi connectivity index (χ2n) is 8.06. The van der Waals surface area contributed by atoms with Crippen LogP contribution < -0.4 is 10.6 Å². The van der Waals surface area contributed by atoms with Crippen LogP contribution in [0, 0.1) is 0 Å². The lowest BCUT2D eigenvalue weighted by Gasteiger charge is -2.16. The van der Waals surface area contributed by atoms with E-state index in [1.165, 1.54) is 0 Å². The van der Waals surface area contributed by atoms with Gasteiger partial charge in [-0.15, -0.1) is 0 Å². The van der Waals surface area contributed by atoms with Crippen LogP contribution in [0.3, 0.4) is 0 Å². The van der Waals surface area contributed by atoms with Crippen LogP contribution in [0.1, 0.15) is 44.2 Å². The Morgan fingerprint density at radius 3 is 2.50 bits per heavy atom. The number of aromatic nitrogens is 5. The molecule has 0 radical (unpaired) electrons. The highest BCUT2D eigenvalue weighted by atomic mass is 16.3. The maximum atomic E-state index is 9.57. The van der Waals surface area contributed by atoms with Crippen LogP contribution in [0.15, 0.2) is 54.9 Å². The molecule has 0 fully saturated rings. The van der Waals surface area contributed by atoms with Crippen molar-refractivity contribution in [3.05, 3.63) is 66.0 Å². The largest absolute Gasteiger partial charge is 0.394 e. The molecule has 0 saturated carbocycles. The average molecular weight is 432 g/mol. The normalized spacial score (nSPS) is 12.3. The van der Waals surface area contributed by atoms with Crippen molar-refractivity contribution >= 4 is 17.5 Å². The van der Waals surface area contributed by atoms with Gasteiger partial charge in [0.05, 0.1) is 24.5 Å². The quantitative estimate of drug-likeness (QED) is 0.367. The first kappa shape index (κ1) is 21.7. The highest BCUT2D eigenvalue weighted by molar-refractivity contribution is 5.59. The van der Waals surface area contributed by atoms with E-state index >= 15 is 0 Å². The van der Waals surface area contributed by atoms with Gasteiger partial charge in [-0.3, -0.25) is 4.98 Å². The number of nitrogens with zero attached hydrogens (tertiary/aromatic N) is 5. The van der Waals surface area contributed by atoms with Crippen LogP contribution in [0.2, 0.25) is 0 Å². The Bertz CT molecular complexity index is 1150. The average Bonchev–Trinajstić information content (AvgIpc) is 3.26. The molecule has 0 spiro atoms. The van der Waals surface area contributed by atoms with Gasteiger partial charge in [0, 0.05) is 23.9 Å². The maximum absolute atomic E-state index is 9.57. The predicted octanol–water partition coefficient (Wildman–Crippen LogP) is 4.10. The minimum Gasteiger partial charge on any atom is -0.394 e. The second-order valence-corrected chi connectivity index (χ2v) is 8.06. The lowest BCUT2D eigenvalue weighted by molar-refractivity contribution is 0.271. The summed E-state index contributed by atoms with van der Waals surface area (Å²) in [6.07, 6.45) is 4.47. The van der Waals surface area contributed by atoms with Crippen LogP contribution in [-0.4, -0.2) is 42.3 Å². The van der Waals surface area contributed by atoms with Gasteiger partial charge in [-0.05, 0) is 24.0 Å². The number of hydrogen-bond acceptors (Lipinski definition) is 7. The molecule has 0 aliphatic rings. The molecule has 3 N–H and O–H groups in total. The zero-order valence-electron chi connectivity index (χ0n) is 18.7. The van der Waals surface area contributed by atoms with E-state index in [9.17, 15) is 5.11 Å².